The molecule has 1 saturated carbocycles. The van der Waals surface area contributed by atoms with Gasteiger partial charge >= 0.3 is 12.0 Å². The Bertz CT molecular complexity index is 238. The van der Waals surface area contributed by atoms with Crippen molar-refractivity contribution in [3.63, 3.8) is 0 Å². The van der Waals surface area contributed by atoms with Crippen LogP contribution in [0, 0.1) is 0 Å². The molecule has 0 aromatic rings. The number of urea groups is 1. The zero-order chi connectivity index (χ0) is 10.7. The summed E-state index contributed by atoms with van der Waals surface area (Å²) in [5.41, 5.74) is 0. The van der Waals surface area contributed by atoms with Gasteiger partial charge in [0.2, 0.25) is 0 Å². The van der Waals surface area contributed by atoms with Crippen LogP contribution in [0.5, 0.6) is 0 Å². The summed E-state index contributed by atoms with van der Waals surface area (Å²) in [6.45, 7) is 1.45. The van der Waals surface area contributed by atoms with E-state index < -0.39 is 12.0 Å². The van der Waals surface area contributed by atoms with E-state index in [1.807, 2.05) is 0 Å². The van der Waals surface area contributed by atoms with Crippen LogP contribution >= 0.6 is 0 Å². The maximum absolute atomic E-state index is 11.4. The molecule has 0 unspecified atom stereocenters. The Morgan fingerprint density at radius 1 is 1.50 bits per heavy atom. The van der Waals surface area contributed by atoms with Crippen molar-refractivity contribution in [1.82, 2.24) is 10.2 Å². The first-order valence-electron chi connectivity index (χ1n) is 4.78. The minimum atomic E-state index is -1.01. The Labute approximate surface area is 83.1 Å². The lowest BCUT2D eigenvalue weighted by Gasteiger charge is -2.35. The maximum atomic E-state index is 11.4. The molecule has 0 aliphatic heterocycles. The number of carbonyl (C=O) groups excluding carboxylic acids is 1. The molecule has 1 fully saturated rings. The van der Waals surface area contributed by atoms with Crippen LogP contribution in [0.15, 0.2) is 0 Å². The van der Waals surface area contributed by atoms with Crippen LogP contribution in [0.25, 0.3) is 0 Å². The van der Waals surface area contributed by atoms with Crippen LogP contribution in [0.3, 0.4) is 0 Å². The summed E-state index contributed by atoms with van der Waals surface area (Å²) in [6, 6.07) is -0.842. The van der Waals surface area contributed by atoms with Gasteiger partial charge in [0.25, 0.3) is 0 Å². The summed E-state index contributed by atoms with van der Waals surface area (Å²) in [7, 11) is 1.70. The first kappa shape index (κ1) is 10.8. The smallest absolute Gasteiger partial charge is 0.325 e. The van der Waals surface area contributed by atoms with Crippen molar-refractivity contribution < 1.29 is 14.7 Å². The number of carboxylic acids is 1. The van der Waals surface area contributed by atoms with E-state index in [2.05, 4.69) is 5.32 Å². The van der Waals surface area contributed by atoms with Crippen molar-refractivity contribution in [1.29, 1.82) is 0 Å². The highest BCUT2D eigenvalue weighted by atomic mass is 16.4. The maximum Gasteiger partial charge on any atom is 0.325 e. The van der Waals surface area contributed by atoms with Gasteiger partial charge in [-0.1, -0.05) is 0 Å². The molecule has 1 rings (SSSR count). The molecular formula is C9H16N2O3. The van der Waals surface area contributed by atoms with Gasteiger partial charge in [0.1, 0.15) is 6.04 Å². The van der Waals surface area contributed by atoms with Gasteiger partial charge in [-0.15, -0.1) is 0 Å². The molecule has 5 heteroatoms. The standard InChI is InChI=1S/C9H16N2O3/c1-6(8(12)13)10-9(14)11(2)7-4-3-5-7/h6-7H,3-5H2,1-2H3,(H,10,14)(H,12,13)/t6-/m0/s1. The summed E-state index contributed by atoms with van der Waals surface area (Å²) < 4.78 is 0. The average Bonchev–Trinajstić information content (AvgIpc) is 2.00. The zero-order valence-electron chi connectivity index (χ0n) is 8.49. The minimum Gasteiger partial charge on any atom is -0.480 e. The average molecular weight is 200 g/mol. The van der Waals surface area contributed by atoms with E-state index in [0.29, 0.717) is 0 Å². The van der Waals surface area contributed by atoms with Gasteiger partial charge in [0.05, 0.1) is 0 Å². The number of carbonyl (C=O) groups is 2. The molecule has 2 amide bonds. The van der Waals surface area contributed by atoms with Crippen molar-refractivity contribution in [2.24, 2.45) is 0 Å². The molecule has 2 N–H and O–H groups in total. The third-order valence-corrected chi connectivity index (χ3v) is 2.65. The Kier molecular flexibility index (Phi) is 3.33. The van der Waals surface area contributed by atoms with Crippen LogP contribution in [0.4, 0.5) is 4.79 Å². The van der Waals surface area contributed by atoms with Crippen molar-refractivity contribution in [2.75, 3.05) is 7.05 Å². The number of amides is 2. The molecule has 1 aliphatic rings. The Morgan fingerprint density at radius 3 is 2.43 bits per heavy atom. The van der Waals surface area contributed by atoms with E-state index in [4.69, 9.17) is 5.11 Å². The number of aliphatic carboxylic acids is 1. The van der Waals surface area contributed by atoms with Crippen LogP contribution in [0.2, 0.25) is 0 Å². The van der Waals surface area contributed by atoms with Crippen LogP contribution in [-0.2, 0) is 4.79 Å². The molecule has 1 aliphatic carbocycles. The third-order valence-electron chi connectivity index (χ3n) is 2.65. The number of hydrogen-bond acceptors (Lipinski definition) is 2. The molecule has 14 heavy (non-hydrogen) atoms. The van der Waals surface area contributed by atoms with Gasteiger partial charge in [-0.2, -0.15) is 0 Å². The van der Waals surface area contributed by atoms with Gasteiger partial charge in [0.15, 0.2) is 0 Å². The molecule has 0 saturated heterocycles. The largest absolute Gasteiger partial charge is 0.480 e. The summed E-state index contributed by atoms with van der Waals surface area (Å²) in [4.78, 5) is 23.5. The van der Waals surface area contributed by atoms with Crippen molar-refractivity contribution in [3.8, 4) is 0 Å². The first-order chi connectivity index (χ1) is 6.52. The SMILES string of the molecule is C[C@H](NC(=O)N(C)C1CCC1)C(=O)O. The lowest BCUT2D eigenvalue weighted by atomic mass is 9.92. The zero-order valence-corrected chi connectivity index (χ0v) is 8.49. The molecule has 5 nitrogen and oxygen atoms in total. The van der Waals surface area contributed by atoms with Gasteiger partial charge in [0, 0.05) is 13.1 Å². The van der Waals surface area contributed by atoms with Gasteiger partial charge < -0.3 is 15.3 Å². The number of nitrogens with one attached hydrogen (secondary N) is 1. The minimum absolute atomic E-state index is 0.288. The van der Waals surface area contributed by atoms with E-state index in [1.165, 1.54) is 6.92 Å². The monoisotopic (exact) mass is 200 g/mol. The highest BCUT2D eigenvalue weighted by Crippen LogP contribution is 2.23. The summed E-state index contributed by atoms with van der Waals surface area (Å²) in [5, 5.41) is 11.0. The second kappa shape index (κ2) is 4.30. The molecule has 0 spiro atoms. The fraction of sp³-hybridized carbons (Fsp3) is 0.778. The van der Waals surface area contributed by atoms with E-state index in [-0.39, 0.29) is 12.1 Å². The number of hydrogen-bond donors (Lipinski definition) is 2. The van der Waals surface area contributed by atoms with E-state index in [9.17, 15) is 9.59 Å². The molecule has 0 heterocycles. The Morgan fingerprint density at radius 2 is 2.07 bits per heavy atom. The normalized spacial score (nSPS) is 18.1. The quantitative estimate of drug-likeness (QED) is 0.702. The number of rotatable bonds is 3. The van der Waals surface area contributed by atoms with E-state index in [1.54, 1.807) is 11.9 Å². The molecule has 0 bridgehead atoms. The molecule has 80 valence electrons. The highest BCUT2D eigenvalue weighted by Gasteiger charge is 2.26. The molecule has 0 aromatic carbocycles. The van der Waals surface area contributed by atoms with Crippen molar-refractivity contribution >= 4 is 12.0 Å². The molecule has 0 aromatic heterocycles. The topological polar surface area (TPSA) is 69.6 Å². The van der Waals surface area contributed by atoms with Crippen LogP contribution in [-0.4, -0.2) is 41.1 Å². The second-order valence-electron chi connectivity index (χ2n) is 3.71. The lowest BCUT2D eigenvalue weighted by Crippen LogP contribution is -2.50. The fourth-order valence-corrected chi connectivity index (χ4v) is 1.29. The van der Waals surface area contributed by atoms with Gasteiger partial charge in [-0.3, -0.25) is 4.79 Å². The first-order valence-corrected chi connectivity index (χ1v) is 4.78. The Hall–Kier alpha value is -1.26. The molecule has 1 atom stereocenters. The Balaban J connectivity index is 2.36. The second-order valence-corrected chi connectivity index (χ2v) is 3.71. The number of nitrogens with zero attached hydrogens (tertiary/aromatic N) is 1. The van der Waals surface area contributed by atoms with Gasteiger partial charge in [-0.25, -0.2) is 4.79 Å². The third kappa shape index (κ3) is 2.37. The summed E-state index contributed by atoms with van der Waals surface area (Å²) >= 11 is 0. The highest BCUT2D eigenvalue weighted by molar-refractivity contribution is 5.82. The van der Waals surface area contributed by atoms with Crippen molar-refractivity contribution in [3.05, 3.63) is 0 Å². The lowest BCUT2D eigenvalue weighted by molar-refractivity contribution is -0.138. The predicted octanol–water partition coefficient (Wildman–Crippen LogP) is 0.653. The summed E-state index contributed by atoms with van der Waals surface area (Å²) in [5.74, 6) is -1.01. The molecular weight excluding hydrogens is 184 g/mol. The number of carboxylic acid groups (broad SMARTS) is 1. The van der Waals surface area contributed by atoms with Crippen LogP contribution in [0.1, 0.15) is 26.2 Å². The van der Waals surface area contributed by atoms with Crippen LogP contribution < -0.4 is 5.32 Å². The van der Waals surface area contributed by atoms with E-state index in [0.717, 1.165) is 19.3 Å². The molecule has 0 radical (unpaired) electrons. The van der Waals surface area contributed by atoms with Crippen molar-refractivity contribution in [2.45, 2.75) is 38.3 Å². The van der Waals surface area contributed by atoms with E-state index >= 15 is 0 Å². The summed E-state index contributed by atoms with van der Waals surface area (Å²) in [6.07, 6.45) is 3.19. The predicted molar refractivity (Wildman–Crippen MR) is 51.0 cm³/mol. The van der Waals surface area contributed by atoms with Gasteiger partial charge in [-0.05, 0) is 26.2 Å². The fourth-order valence-electron chi connectivity index (χ4n) is 1.29.